The van der Waals surface area contributed by atoms with E-state index in [4.69, 9.17) is 9.47 Å². The van der Waals surface area contributed by atoms with Gasteiger partial charge in [0.05, 0.1) is 13.7 Å². The summed E-state index contributed by atoms with van der Waals surface area (Å²) >= 11 is 0. The van der Waals surface area contributed by atoms with Crippen molar-refractivity contribution in [3.8, 4) is 11.5 Å². The third-order valence-electron chi connectivity index (χ3n) is 4.92. The number of nitrogens with one attached hydrogen (secondary N) is 2. The van der Waals surface area contributed by atoms with Gasteiger partial charge in [0.15, 0.2) is 0 Å². The van der Waals surface area contributed by atoms with Crippen LogP contribution in [0.2, 0.25) is 0 Å². The number of benzene rings is 3. The Morgan fingerprint density at radius 1 is 0.882 bits per heavy atom. The number of carbonyl (C=O) groups excluding carboxylic acids is 2. The zero-order valence-electron chi connectivity index (χ0n) is 19.7. The molecule has 0 spiro atoms. The Kier molecular flexibility index (Phi) is 8.86. The standard InChI is InChI=1S/C28H30N2O4/c1-20(2)19-34-25-15-11-23(12-16-25)27(31)30-26(17-21-9-13-24(33-3)14-10-21)28(32)29-18-22-7-5-4-6-8-22/h4-17,20H,18-19H2,1-3H3,(H,29,32)(H,30,31). The van der Waals surface area contributed by atoms with Crippen molar-refractivity contribution < 1.29 is 19.1 Å². The van der Waals surface area contributed by atoms with E-state index in [1.165, 1.54) is 0 Å². The first-order valence-corrected chi connectivity index (χ1v) is 11.2. The van der Waals surface area contributed by atoms with E-state index in [0.717, 1.165) is 11.1 Å². The van der Waals surface area contributed by atoms with Crippen molar-refractivity contribution in [2.45, 2.75) is 20.4 Å². The Morgan fingerprint density at radius 2 is 1.53 bits per heavy atom. The fourth-order valence-electron chi connectivity index (χ4n) is 3.06. The molecule has 176 valence electrons. The van der Waals surface area contributed by atoms with Gasteiger partial charge < -0.3 is 20.1 Å². The summed E-state index contributed by atoms with van der Waals surface area (Å²) in [6, 6.07) is 23.7. The summed E-state index contributed by atoms with van der Waals surface area (Å²) in [7, 11) is 1.59. The highest BCUT2D eigenvalue weighted by Gasteiger charge is 2.15. The molecular weight excluding hydrogens is 428 g/mol. The van der Waals surface area contributed by atoms with Crippen LogP contribution in [0.3, 0.4) is 0 Å². The second kappa shape index (κ2) is 12.3. The largest absolute Gasteiger partial charge is 0.497 e. The van der Waals surface area contributed by atoms with Crippen LogP contribution in [0.15, 0.2) is 84.6 Å². The molecule has 2 N–H and O–H groups in total. The van der Waals surface area contributed by atoms with Crippen molar-refractivity contribution >= 4 is 17.9 Å². The van der Waals surface area contributed by atoms with Gasteiger partial charge in [-0.05, 0) is 59.5 Å². The number of amides is 2. The van der Waals surface area contributed by atoms with E-state index in [0.29, 0.717) is 36.1 Å². The van der Waals surface area contributed by atoms with Crippen molar-refractivity contribution in [2.24, 2.45) is 5.92 Å². The van der Waals surface area contributed by atoms with E-state index in [1.807, 2.05) is 42.5 Å². The molecule has 2 amide bonds. The minimum absolute atomic E-state index is 0.145. The second-order valence-corrected chi connectivity index (χ2v) is 8.18. The predicted octanol–water partition coefficient (Wildman–Crippen LogP) is 4.82. The van der Waals surface area contributed by atoms with Crippen LogP contribution < -0.4 is 20.1 Å². The normalized spacial score (nSPS) is 11.1. The predicted molar refractivity (Wildman–Crippen MR) is 134 cm³/mol. The molecule has 3 aromatic carbocycles. The van der Waals surface area contributed by atoms with Gasteiger partial charge in [-0.25, -0.2) is 0 Å². The molecular formula is C28H30N2O4. The molecule has 34 heavy (non-hydrogen) atoms. The van der Waals surface area contributed by atoms with Crippen molar-refractivity contribution in [1.29, 1.82) is 0 Å². The molecule has 0 atom stereocenters. The van der Waals surface area contributed by atoms with Crippen LogP contribution in [-0.2, 0) is 11.3 Å². The number of ether oxygens (including phenoxy) is 2. The maximum Gasteiger partial charge on any atom is 0.268 e. The van der Waals surface area contributed by atoms with E-state index >= 15 is 0 Å². The molecule has 3 aromatic rings. The van der Waals surface area contributed by atoms with Gasteiger partial charge in [-0.2, -0.15) is 0 Å². The summed E-state index contributed by atoms with van der Waals surface area (Å²) in [4.78, 5) is 25.9. The molecule has 0 aliphatic rings. The smallest absolute Gasteiger partial charge is 0.268 e. The number of carbonyl (C=O) groups is 2. The average Bonchev–Trinajstić information content (AvgIpc) is 2.87. The van der Waals surface area contributed by atoms with Crippen molar-refractivity contribution in [3.05, 3.63) is 101 Å². The highest BCUT2D eigenvalue weighted by molar-refractivity contribution is 6.05. The van der Waals surface area contributed by atoms with Crippen LogP contribution in [0.5, 0.6) is 11.5 Å². The number of hydrogen-bond acceptors (Lipinski definition) is 4. The van der Waals surface area contributed by atoms with Gasteiger partial charge in [-0.3, -0.25) is 9.59 Å². The van der Waals surface area contributed by atoms with E-state index < -0.39 is 0 Å². The Labute approximate surface area is 200 Å². The van der Waals surface area contributed by atoms with Gasteiger partial charge in [0.25, 0.3) is 11.8 Å². The molecule has 6 nitrogen and oxygen atoms in total. The molecule has 0 saturated heterocycles. The minimum Gasteiger partial charge on any atom is -0.497 e. The molecule has 0 unspecified atom stereocenters. The number of hydrogen-bond donors (Lipinski definition) is 2. The molecule has 3 rings (SSSR count). The van der Waals surface area contributed by atoms with E-state index in [2.05, 4.69) is 24.5 Å². The fourth-order valence-corrected chi connectivity index (χ4v) is 3.06. The van der Waals surface area contributed by atoms with E-state index in [9.17, 15) is 9.59 Å². The zero-order chi connectivity index (χ0) is 24.3. The van der Waals surface area contributed by atoms with Crippen LogP contribution in [0, 0.1) is 5.92 Å². The Morgan fingerprint density at radius 3 is 2.15 bits per heavy atom. The first-order chi connectivity index (χ1) is 16.4. The lowest BCUT2D eigenvalue weighted by Gasteiger charge is -2.12. The maximum atomic E-state index is 13.0. The first-order valence-electron chi connectivity index (χ1n) is 11.2. The molecule has 0 aliphatic carbocycles. The first kappa shape index (κ1) is 24.6. The monoisotopic (exact) mass is 458 g/mol. The van der Waals surface area contributed by atoms with Gasteiger partial charge in [-0.1, -0.05) is 56.3 Å². The summed E-state index contributed by atoms with van der Waals surface area (Å²) in [5.74, 6) is 1.04. The summed E-state index contributed by atoms with van der Waals surface area (Å²) in [6.45, 7) is 5.09. The van der Waals surface area contributed by atoms with Gasteiger partial charge in [-0.15, -0.1) is 0 Å². The van der Waals surface area contributed by atoms with Gasteiger partial charge in [0.1, 0.15) is 17.2 Å². The van der Waals surface area contributed by atoms with Crippen molar-refractivity contribution in [1.82, 2.24) is 10.6 Å². The summed E-state index contributed by atoms with van der Waals surface area (Å²) in [5.41, 5.74) is 2.28. The highest BCUT2D eigenvalue weighted by Crippen LogP contribution is 2.16. The summed E-state index contributed by atoms with van der Waals surface area (Å²) < 4.78 is 10.9. The summed E-state index contributed by atoms with van der Waals surface area (Å²) in [6.07, 6.45) is 1.64. The highest BCUT2D eigenvalue weighted by atomic mass is 16.5. The van der Waals surface area contributed by atoms with Crippen LogP contribution in [0.25, 0.3) is 6.08 Å². The van der Waals surface area contributed by atoms with Crippen LogP contribution in [0.1, 0.15) is 35.3 Å². The van der Waals surface area contributed by atoms with Crippen LogP contribution in [-0.4, -0.2) is 25.5 Å². The molecule has 0 heterocycles. The Balaban J connectivity index is 1.75. The van der Waals surface area contributed by atoms with Crippen LogP contribution in [0.4, 0.5) is 0 Å². The molecule has 0 aliphatic heterocycles. The number of rotatable bonds is 10. The molecule has 0 fully saturated rings. The average molecular weight is 459 g/mol. The quantitative estimate of drug-likeness (QED) is 0.427. The molecule has 6 heteroatoms. The van der Waals surface area contributed by atoms with E-state index in [1.54, 1.807) is 49.6 Å². The van der Waals surface area contributed by atoms with Gasteiger partial charge in [0.2, 0.25) is 0 Å². The van der Waals surface area contributed by atoms with Crippen LogP contribution >= 0.6 is 0 Å². The SMILES string of the molecule is COc1ccc(C=C(NC(=O)c2ccc(OCC(C)C)cc2)C(=O)NCc2ccccc2)cc1. The topological polar surface area (TPSA) is 76.7 Å². The zero-order valence-corrected chi connectivity index (χ0v) is 19.7. The lowest BCUT2D eigenvalue weighted by atomic mass is 10.1. The van der Waals surface area contributed by atoms with E-state index in [-0.39, 0.29) is 17.5 Å². The number of methoxy groups -OCH3 is 1. The lowest BCUT2D eigenvalue weighted by molar-refractivity contribution is -0.117. The van der Waals surface area contributed by atoms with Gasteiger partial charge in [0, 0.05) is 12.1 Å². The Bertz CT molecular complexity index is 1110. The third-order valence-corrected chi connectivity index (χ3v) is 4.92. The minimum atomic E-state index is -0.384. The fraction of sp³-hybridized carbons (Fsp3) is 0.214. The molecule has 0 bridgehead atoms. The maximum absolute atomic E-state index is 13.0. The molecule has 0 radical (unpaired) electrons. The lowest BCUT2D eigenvalue weighted by Crippen LogP contribution is -2.34. The van der Waals surface area contributed by atoms with Crippen molar-refractivity contribution in [2.75, 3.05) is 13.7 Å². The van der Waals surface area contributed by atoms with Gasteiger partial charge >= 0.3 is 0 Å². The molecule has 0 saturated carbocycles. The molecule has 0 aromatic heterocycles. The third kappa shape index (κ3) is 7.52. The second-order valence-electron chi connectivity index (χ2n) is 8.18. The Hall–Kier alpha value is -4.06. The van der Waals surface area contributed by atoms with Crippen molar-refractivity contribution in [3.63, 3.8) is 0 Å². The summed E-state index contributed by atoms with van der Waals surface area (Å²) in [5, 5.41) is 5.62.